The van der Waals surface area contributed by atoms with Crippen LogP contribution >= 0.6 is 0 Å². The Morgan fingerprint density at radius 1 is 0.960 bits per heavy atom. The molecular weight excluding hydrogens is 316 g/mol. The molecule has 10 atom stereocenters. The lowest BCUT2D eigenvalue weighted by Crippen LogP contribution is -2.60. The predicted octanol–water partition coefficient (Wildman–Crippen LogP) is 1.70. The molecule has 25 heavy (non-hydrogen) atoms. The lowest BCUT2D eigenvalue weighted by molar-refractivity contribution is -0.186. The van der Waals surface area contributed by atoms with Crippen LogP contribution in [0.4, 0.5) is 0 Å². The molecule has 0 saturated heterocycles. The number of rotatable bonds is 0. The van der Waals surface area contributed by atoms with Crippen molar-refractivity contribution in [1.82, 2.24) is 0 Å². The van der Waals surface area contributed by atoms with Crippen LogP contribution < -0.4 is 0 Å². The van der Waals surface area contributed by atoms with Gasteiger partial charge in [-0.05, 0) is 74.0 Å². The summed E-state index contributed by atoms with van der Waals surface area (Å²) in [6.07, 6.45) is 9.57. The molecule has 4 aliphatic carbocycles. The summed E-state index contributed by atoms with van der Waals surface area (Å²) >= 11 is 0. The van der Waals surface area contributed by atoms with Crippen LogP contribution in [-0.4, -0.2) is 44.3 Å². The number of hydrogen-bond acceptors (Lipinski definition) is 4. The first-order valence-electron chi connectivity index (χ1n) is 9.91. The van der Waals surface area contributed by atoms with E-state index in [9.17, 15) is 20.4 Å². The quantitative estimate of drug-likeness (QED) is 0.502. The summed E-state index contributed by atoms with van der Waals surface area (Å²) < 4.78 is 0. The van der Waals surface area contributed by atoms with E-state index in [0.717, 1.165) is 32.1 Å². The Labute approximate surface area is 150 Å². The molecule has 0 bridgehead atoms. The van der Waals surface area contributed by atoms with Gasteiger partial charge in [0, 0.05) is 5.41 Å². The molecule has 0 aromatic carbocycles. The molecule has 0 aromatic rings. The van der Waals surface area contributed by atoms with Crippen LogP contribution in [-0.2, 0) is 0 Å². The fourth-order valence-electron chi connectivity index (χ4n) is 7.49. The summed E-state index contributed by atoms with van der Waals surface area (Å²) in [7, 11) is 0. The second kappa shape index (κ2) is 5.45. The second-order valence-electron chi connectivity index (χ2n) is 9.84. The van der Waals surface area contributed by atoms with Gasteiger partial charge in [-0.25, -0.2) is 0 Å². The Bertz CT molecular complexity index is 599. The minimum Gasteiger partial charge on any atom is -0.393 e. The minimum atomic E-state index is -1.50. The maximum Gasteiger partial charge on any atom is 0.156 e. The average molecular weight is 348 g/mol. The van der Waals surface area contributed by atoms with Gasteiger partial charge in [0.2, 0.25) is 0 Å². The van der Waals surface area contributed by atoms with E-state index in [1.165, 1.54) is 0 Å². The number of aliphatic hydroxyl groups is 4. The van der Waals surface area contributed by atoms with Crippen LogP contribution in [0.2, 0.25) is 0 Å². The largest absolute Gasteiger partial charge is 0.393 e. The van der Waals surface area contributed by atoms with Crippen LogP contribution in [0.3, 0.4) is 0 Å². The van der Waals surface area contributed by atoms with Crippen LogP contribution in [0, 0.1) is 46.8 Å². The van der Waals surface area contributed by atoms with Gasteiger partial charge in [-0.3, -0.25) is 0 Å². The molecule has 0 heterocycles. The monoisotopic (exact) mass is 348 g/mol. The highest BCUT2D eigenvalue weighted by Gasteiger charge is 2.68. The van der Waals surface area contributed by atoms with Crippen molar-refractivity contribution in [3.63, 3.8) is 0 Å². The summed E-state index contributed by atoms with van der Waals surface area (Å²) in [4.78, 5) is 0. The van der Waals surface area contributed by atoms with Gasteiger partial charge in [-0.1, -0.05) is 19.8 Å². The molecule has 4 heteroatoms. The summed E-state index contributed by atoms with van der Waals surface area (Å²) in [6.45, 7) is 4.35. The molecule has 4 nitrogen and oxygen atoms in total. The van der Waals surface area contributed by atoms with Gasteiger partial charge in [0.05, 0.1) is 18.3 Å². The molecule has 0 amide bonds. The third kappa shape index (κ3) is 2.10. The van der Waals surface area contributed by atoms with Crippen molar-refractivity contribution in [3.05, 3.63) is 0 Å². The van der Waals surface area contributed by atoms with Crippen molar-refractivity contribution < 1.29 is 20.4 Å². The van der Waals surface area contributed by atoms with Crippen molar-refractivity contribution in [1.29, 1.82) is 0 Å². The van der Waals surface area contributed by atoms with E-state index in [-0.39, 0.29) is 23.4 Å². The molecule has 4 saturated carbocycles. The molecule has 3 unspecified atom stereocenters. The van der Waals surface area contributed by atoms with E-state index in [4.69, 9.17) is 6.42 Å². The topological polar surface area (TPSA) is 80.9 Å². The third-order valence-corrected chi connectivity index (χ3v) is 9.10. The molecule has 4 N–H and O–H groups in total. The highest BCUT2D eigenvalue weighted by molar-refractivity contribution is 5.27. The lowest BCUT2D eigenvalue weighted by Gasteiger charge is -2.62. The highest BCUT2D eigenvalue weighted by Crippen LogP contribution is 2.68. The molecule has 0 spiro atoms. The lowest BCUT2D eigenvalue weighted by atomic mass is 9.43. The predicted molar refractivity (Wildman–Crippen MR) is 94.3 cm³/mol. The van der Waals surface area contributed by atoms with Gasteiger partial charge in [0.1, 0.15) is 0 Å². The van der Waals surface area contributed by atoms with E-state index >= 15 is 0 Å². The molecular formula is C21H32O4. The maximum absolute atomic E-state index is 11.0. The first-order chi connectivity index (χ1) is 11.7. The Balaban J connectivity index is 1.72. The minimum absolute atomic E-state index is 0.0434. The molecule has 4 aliphatic rings. The van der Waals surface area contributed by atoms with Gasteiger partial charge >= 0.3 is 0 Å². The zero-order valence-corrected chi connectivity index (χ0v) is 15.4. The molecule has 0 radical (unpaired) electrons. The molecule has 0 aromatic heterocycles. The van der Waals surface area contributed by atoms with Gasteiger partial charge in [-0.2, -0.15) is 0 Å². The second-order valence-corrected chi connectivity index (χ2v) is 9.84. The number of hydrogen-bond donors (Lipinski definition) is 4. The Hall–Kier alpha value is -0.600. The van der Waals surface area contributed by atoms with Gasteiger partial charge in [0.25, 0.3) is 0 Å². The molecule has 4 rings (SSSR count). The van der Waals surface area contributed by atoms with Crippen molar-refractivity contribution in [2.45, 2.75) is 82.7 Å². The zero-order chi connectivity index (χ0) is 18.2. The van der Waals surface area contributed by atoms with E-state index < -0.39 is 23.2 Å². The fraction of sp³-hybridized carbons (Fsp3) is 0.905. The Kier molecular flexibility index (Phi) is 3.88. The first kappa shape index (κ1) is 17.8. The molecule has 0 aliphatic heterocycles. The third-order valence-electron chi connectivity index (χ3n) is 9.10. The first-order valence-corrected chi connectivity index (χ1v) is 9.91. The molecule has 4 fully saturated rings. The average Bonchev–Trinajstić information content (AvgIpc) is 2.77. The zero-order valence-electron chi connectivity index (χ0n) is 15.4. The van der Waals surface area contributed by atoms with Crippen molar-refractivity contribution >= 4 is 0 Å². The van der Waals surface area contributed by atoms with Crippen LogP contribution in [0.15, 0.2) is 0 Å². The molecule has 140 valence electrons. The van der Waals surface area contributed by atoms with Gasteiger partial charge in [0.15, 0.2) is 5.60 Å². The summed E-state index contributed by atoms with van der Waals surface area (Å²) in [5.74, 6) is 3.35. The highest BCUT2D eigenvalue weighted by atomic mass is 16.3. The van der Waals surface area contributed by atoms with Crippen LogP contribution in [0.1, 0.15) is 58.8 Å². The van der Waals surface area contributed by atoms with Crippen molar-refractivity contribution in [3.8, 4) is 12.3 Å². The maximum atomic E-state index is 11.0. The van der Waals surface area contributed by atoms with Crippen LogP contribution in [0.5, 0.6) is 0 Å². The summed E-state index contributed by atoms with van der Waals surface area (Å²) in [5.41, 5.74) is -1.91. The smallest absolute Gasteiger partial charge is 0.156 e. The standard InChI is InChI=1S/C21H32O4/c1-4-21(25)17(24)11-15-18-14(6-8-20(15,21)3)19(2)7-5-13(22)9-12(19)10-16(18)23/h1,12-18,22-25H,5-11H2,2-3H3/t12-,13-,14?,15?,16-,17+,18?,19-,20-,21-/m0/s1. The SMILES string of the molecule is C#C[C@]1(O)[C@H](O)CC2C3C(CC[C@@]21C)[C@@]1(C)CC[C@H](O)C[C@H]1C[C@@H]3O. The number of terminal acetylenes is 1. The normalized spacial score (nSPS) is 60.9. The van der Waals surface area contributed by atoms with Crippen molar-refractivity contribution in [2.75, 3.05) is 0 Å². The Morgan fingerprint density at radius 2 is 1.68 bits per heavy atom. The van der Waals surface area contributed by atoms with E-state index in [1.54, 1.807) is 0 Å². The van der Waals surface area contributed by atoms with Crippen LogP contribution in [0.25, 0.3) is 0 Å². The van der Waals surface area contributed by atoms with E-state index in [1.807, 2.05) is 6.92 Å². The Morgan fingerprint density at radius 3 is 2.36 bits per heavy atom. The van der Waals surface area contributed by atoms with Crippen molar-refractivity contribution in [2.24, 2.45) is 34.5 Å². The summed E-state index contributed by atoms with van der Waals surface area (Å²) in [6, 6.07) is 0. The van der Waals surface area contributed by atoms with E-state index in [2.05, 4.69) is 12.8 Å². The summed E-state index contributed by atoms with van der Waals surface area (Å²) in [5, 5.41) is 42.7. The number of fused-ring (bicyclic) bond motifs is 5. The van der Waals surface area contributed by atoms with Gasteiger partial charge < -0.3 is 20.4 Å². The number of aliphatic hydroxyl groups excluding tert-OH is 3. The fourth-order valence-corrected chi connectivity index (χ4v) is 7.49. The van der Waals surface area contributed by atoms with Gasteiger partial charge in [-0.15, -0.1) is 6.42 Å². The van der Waals surface area contributed by atoms with E-state index in [0.29, 0.717) is 24.7 Å².